The first kappa shape index (κ1) is 16.8. The number of hydrogen-bond acceptors (Lipinski definition) is 3. The van der Waals surface area contributed by atoms with E-state index in [-0.39, 0.29) is 10.5 Å². The van der Waals surface area contributed by atoms with E-state index in [1.165, 1.54) is 15.9 Å². The molecular formula is C20H18N2O3S. The number of fused-ring (bicyclic) bond motifs is 1. The van der Waals surface area contributed by atoms with E-state index in [0.29, 0.717) is 30.4 Å². The zero-order valence-corrected chi connectivity index (χ0v) is 14.9. The maximum absolute atomic E-state index is 13.0. The number of sulfonamides is 1. The van der Waals surface area contributed by atoms with Gasteiger partial charge < -0.3 is 4.98 Å². The van der Waals surface area contributed by atoms with Gasteiger partial charge in [-0.25, -0.2) is 8.42 Å². The fraction of sp³-hybridized carbons (Fsp3) is 0.150. The summed E-state index contributed by atoms with van der Waals surface area (Å²) in [7, 11) is -3.57. The van der Waals surface area contributed by atoms with Crippen LogP contribution < -0.4 is 5.56 Å². The summed E-state index contributed by atoms with van der Waals surface area (Å²) >= 11 is 0. The zero-order valence-electron chi connectivity index (χ0n) is 14.1. The number of hydrogen-bond donors (Lipinski definition) is 1. The second-order valence-electron chi connectivity index (χ2n) is 6.28. The van der Waals surface area contributed by atoms with Gasteiger partial charge in [0.05, 0.1) is 4.90 Å². The Morgan fingerprint density at radius 1 is 0.962 bits per heavy atom. The number of aromatic nitrogens is 1. The second kappa shape index (κ2) is 6.55. The molecule has 0 amide bonds. The molecular weight excluding hydrogens is 348 g/mol. The molecule has 0 bridgehead atoms. The van der Waals surface area contributed by atoms with Crippen LogP contribution in [0.2, 0.25) is 0 Å². The Kier molecular flexibility index (Phi) is 4.22. The highest BCUT2D eigenvalue weighted by Gasteiger charge is 2.26. The molecule has 26 heavy (non-hydrogen) atoms. The molecule has 0 spiro atoms. The smallest absolute Gasteiger partial charge is 0.248 e. The van der Waals surface area contributed by atoms with Crippen molar-refractivity contribution in [1.82, 2.24) is 9.29 Å². The Balaban J connectivity index is 1.62. The Hall–Kier alpha value is -2.70. The van der Waals surface area contributed by atoms with E-state index >= 15 is 0 Å². The van der Waals surface area contributed by atoms with Crippen LogP contribution in [0, 0.1) is 0 Å². The molecule has 6 heteroatoms. The van der Waals surface area contributed by atoms with Crippen molar-refractivity contribution in [2.24, 2.45) is 0 Å². The highest BCUT2D eigenvalue weighted by atomic mass is 32.2. The van der Waals surface area contributed by atoms with Crippen LogP contribution in [0.1, 0.15) is 12.0 Å². The minimum absolute atomic E-state index is 0.206. The Morgan fingerprint density at radius 2 is 1.77 bits per heavy atom. The van der Waals surface area contributed by atoms with E-state index in [2.05, 4.69) is 4.98 Å². The molecule has 2 aromatic carbocycles. The van der Waals surface area contributed by atoms with Gasteiger partial charge in [-0.15, -0.1) is 0 Å². The molecule has 3 aromatic rings. The van der Waals surface area contributed by atoms with Gasteiger partial charge in [0.15, 0.2) is 0 Å². The predicted octanol–water partition coefficient (Wildman–Crippen LogP) is 3.01. The SMILES string of the molecule is O=c1ccc2cc(S(=O)(=O)N3CC=C(c4ccccc4)CC3)ccc2[nH]1. The van der Waals surface area contributed by atoms with Gasteiger partial charge in [-0.05, 0) is 47.2 Å². The van der Waals surface area contributed by atoms with E-state index in [1.54, 1.807) is 24.3 Å². The maximum Gasteiger partial charge on any atom is 0.248 e. The van der Waals surface area contributed by atoms with E-state index in [4.69, 9.17) is 0 Å². The number of rotatable bonds is 3. The first-order valence-electron chi connectivity index (χ1n) is 8.42. The van der Waals surface area contributed by atoms with Crippen LogP contribution >= 0.6 is 0 Å². The third kappa shape index (κ3) is 3.09. The average Bonchev–Trinajstić information content (AvgIpc) is 2.68. The van der Waals surface area contributed by atoms with Gasteiger partial charge in [-0.1, -0.05) is 36.4 Å². The summed E-state index contributed by atoms with van der Waals surface area (Å²) in [5.74, 6) is 0. The van der Waals surface area contributed by atoms with E-state index in [0.717, 1.165) is 5.56 Å². The molecule has 0 fully saturated rings. The second-order valence-corrected chi connectivity index (χ2v) is 8.22. The molecule has 132 valence electrons. The lowest BCUT2D eigenvalue weighted by molar-refractivity contribution is 0.441. The number of aromatic amines is 1. The summed E-state index contributed by atoms with van der Waals surface area (Å²) in [6.45, 7) is 0.808. The monoisotopic (exact) mass is 366 g/mol. The molecule has 4 rings (SSSR count). The maximum atomic E-state index is 13.0. The highest BCUT2D eigenvalue weighted by molar-refractivity contribution is 7.89. The molecule has 2 heterocycles. The number of H-pyrrole nitrogens is 1. The van der Waals surface area contributed by atoms with Gasteiger partial charge in [-0.2, -0.15) is 4.31 Å². The fourth-order valence-electron chi connectivity index (χ4n) is 3.23. The normalized spacial score (nSPS) is 15.8. The minimum Gasteiger partial charge on any atom is -0.322 e. The molecule has 0 aliphatic carbocycles. The molecule has 1 aromatic heterocycles. The minimum atomic E-state index is -3.57. The molecule has 5 nitrogen and oxygen atoms in total. The summed E-state index contributed by atoms with van der Waals surface area (Å²) in [5.41, 5.74) is 2.73. The molecule has 1 aliphatic heterocycles. The van der Waals surface area contributed by atoms with Crippen molar-refractivity contribution >= 4 is 26.5 Å². The van der Waals surface area contributed by atoms with Crippen LogP contribution in [0.4, 0.5) is 0 Å². The lowest BCUT2D eigenvalue weighted by Crippen LogP contribution is -2.34. The highest BCUT2D eigenvalue weighted by Crippen LogP contribution is 2.26. The summed E-state index contributed by atoms with van der Waals surface area (Å²) in [4.78, 5) is 14.3. The molecule has 0 radical (unpaired) electrons. The number of nitrogens with one attached hydrogen (secondary N) is 1. The quantitative estimate of drug-likeness (QED) is 0.775. The first-order chi connectivity index (χ1) is 12.5. The van der Waals surface area contributed by atoms with E-state index < -0.39 is 10.0 Å². The number of benzene rings is 2. The third-order valence-corrected chi connectivity index (χ3v) is 6.51. The van der Waals surface area contributed by atoms with Gasteiger partial charge in [0.25, 0.3) is 0 Å². The number of nitrogens with zero attached hydrogens (tertiary/aromatic N) is 1. The Bertz CT molecular complexity index is 1150. The largest absolute Gasteiger partial charge is 0.322 e. The van der Waals surface area contributed by atoms with Crippen LogP contribution in [0.3, 0.4) is 0 Å². The van der Waals surface area contributed by atoms with Crippen molar-refractivity contribution < 1.29 is 8.42 Å². The third-order valence-electron chi connectivity index (χ3n) is 4.65. The summed E-state index contributed by atoms with van der Waals surface area (Å²) in [6.07, 6.45) is 2.67. The predicted molar refractivity (Wildman–Crippen MR) is 102 cm³/mol. The van der Waals surface area contributed by atoms with Crippen molar-refractivity contribution in [3.63, 3.8) is 0 Å². The molecule has 0 saturated heterocycles. The molecule has 1 N–H and O–H groups in total. The summed E-state index contributed by atoms with van der Waals surface area (Å²) in [5, 5.41) is 0.697. The van der Waals surface area contributed by atoms with Gasteiger partial charge in [0, 0.05) is 24.7 Å². The lowest BCUT2D eigenvalue weighted by Gasteiger charge is -2.26. The van der Waals surface area contributed by atoms with Crippen LogP contribution in [-0.2, 0) is 10.0 Å². The van der Waals surface area contributed by atoms with Gasteiger partial charge in [0.2, 0.25) is 15.6 Å². The van der Waals surface area contributed by atoms with Crippen LogP contribution in [-0.4, -0.2) is 30.8 Å². The lowest BCUT2D eigenvalue weighted by atomic mass is 10.0. The standard InChI is InChI=1S/C20H18N2O3S/c23-20-9-6-17-14-18(7-8-19(17)21-20)26(24,25)22-12-10-16(11-13-22)15-4-2-1-3-5-15/h1-10,14H,11-13H2,(H,21,23). The molecule has 0 saturated carbocycles. The Labute approximate surface area is 151 Å². The number of pyridine rings is 1. The Morgan fingerprint density at radius 3 is 2.50 bits per heavy atom. The van der Waals surface area contributed by atoms with Crippen molar-refractivity contribution in [3.8, 4) is 0 Å². The van der Waals surface area contributed by atoms with Crippen molar-refractivity contribution in [2.75, 3.05) is 13.1 Å². The van der Waals surface area contributed by atoms with Crippen molar-refractivity contribution in [1.29, 1.82) is 0 Å². The van der Waals surface area contributed by atoms with Crippen LogP contribution in [0.15, 0.2) is 76.4 Å². The van der Waals surface area contributed by atoms with E-state index in [1.807, 2.05) is 36.4 Å². The molecule has 1 aliphatic rings. The average molecular weight is 366 g/mol. The topological polar surface area (TPSA) is 70.2 Å². The van der Waals surface area contributed by atoms with Gasteiger partial charge >= 0.3 is 0 Å². The van der Waals surface area contributed by atoms with Crippen LogP contribution in [0.25, 0.3) is 16.5 Å². The van der Waals surface area contributed by atoms with Gasteiger partial charge in [-0.3, -0.25) is 4.79 Å². The molecule has 0 unspecified atom stereocenters. The first-order valence-corrected chi connectivity index (χ1v) is 9.86. The van der Waals surface area contributed by atoms with Gasteiger partial charge in [0.1, 0.15) is 0 Å². The summed E-state index contributed by atoms with van der Waals surface area (Å²) in [6, 6.07) is 17.8. The summed E-state index contributed by atoms with van der Waals surface area (Å²) < 4.78 is 27.4. The van der Waals surface area contributed by atoms with Crippen LogP contribution in [0.5, 0.6) is 0 Å². The zero-order chi connectivity index (χ0) is 18.1. The fourth-order valence-corrected chi connectivity index (χ4v) is 4.64. The van der Waals surface area contributed by atoms with Crippen molar-refractivity contribution in [2.45, 2.75) is 11.3 Å². The van der Waals surface area contributed by atoms with Crippen molar-refractivity contribution in [3.05, 3.63) is 82.7 Å². The molecule has 0 atom stereocenters. The van der Waals surface area contributed by atoms with E-state index in [9.17, 15) is 13.2 Å².